The van der Waals surface area contributed by atoms with Gasteiger partial charge in [0.05, 0.1) is 0 Å². The molecule has 1 aliphatic heterocycles. The fourth-order valence-electron chi connectivity index (χ4n) is 4.04. The van der Waals surface area contributed by atoms with Gasteiger partial charge >= 0.3 is 5.97 Å². The summed E-state index contributed by atoms with van der Waals surface area (Å²) in [5, 5.41) is 5.05. The first-order chi connectivity index (χ1) is 16.0. The number of rotatable bonds is 8. The molecule has 1 saturated heterocycles. The number of hydrogen-bond donors (Lipinski definition) is 1. The molecule has 1 fully saturated rings. The average Bonchev–Trinajstić information content (AvgIpc) is 2.87. The molecule has 1 heterocycles. The summed E-state index contributed by atoms with van der Waals surface area (Å²) in [5.74, 6) is -0.634. The van der Waals surface area contributed by atoms with E-state index in [-0.39, 0.29) is 36.8 Å². The molecule has 1 atom stereocenters. The number of benzene rings is 3. The Kier molecular flexibility index (Phi) is 7.27. The monoisotopic (exact) mass is 445 g/mol. The number of hydrogen-bond acceptors (Lipinski definition) is 6. The molecule has 0 unspecified atom stereocenters. The molecule has 1 aliphatic rings. The zero-order valence-electron chi connectivity index (χ0n) is 18.6. The number of esters is 1. The number of ether oxygens (including phenoxy) is 2. The van der Waals surface area contributed by atoms with Gasteiger partial charge in [-0.25, -0.2) is 0 Å². The van der Waals surface area contributed by atoms with Gasteiger partial charge in [-0.2, -0.15) is 0 Å². The maximum absolute atomic E-state index is 12.6. The zero-order chi connectivity index (χ0) is 23.2. The largest absolute Gasteiger partial charge is 0.456 e. The molecule has 0 bridgehead atoms. The molecule has 6 heteroatoms. The lowest BCUT2D eigenvalue weighted by Gasteiger charge is -2.21. The van der Waals surface area contributed by atoms with Gasteiger partial charge in [0.25, 0.3) is 0 Å². The van der Waals surface area contributed by atoms with Gasteiger partial charge in [0, 0.05) is 18.2 Å². The average molecular weight is 446 g/mol. The van der Waals surface area contributed by atoms with Crippen molar-refractivity contribution < 1.29 is 23.9 Å². The van der Waals surface area contributed by atoms with Crippen LogP contribution in [0.3, 0.4) is 0 Å². The van der Waals surface area contributed by atoms with Crippen molar-refractivity contribution >= 4 is 28.3 Å². The second-order valence-electron chi connectivity index (χ2n) is 8.24. The van der Waals surface area contributed by atoms with Crippen molar-refractivity contribution in [1.82, 2.24) is 5.32 Å². The molecule has 0 amide bonds. The molecule has 33 heavy (non-hydrogen) atoms. The maximum Gasteiger partial charge on any atom is 0.323 e. The van der Waals surface area contributed by atoms with Crippen LogP contribution in [-0.2, 0) is 14.3 Å². The highest BCUT2D eigenvalue weighted by Gasteiger charge is 2.22. The molecule has 0 radical (unpaired) electrons. The van der Waals surface area contributed by atoms with Gasteiger partial charge in [0.1, 0.15) is 12.6 Å². The lowest BCUT2D eigenvalue weighted by molar-refractivity contribution is -0.145. The summed E-state index contributed by atoms with van der Waals surface area (Å²) >= 11 is 0. The zero-order valence-corrected chi connectivity index (χ0v) is 18.6. The van der Waals surface area contributed by atoms with Crippen molar-refractivity contribution in [2.45, 2.75) is 25.3 Å². The Morgan fingerprint density at radius 3 is 2.21 bits per heavy atom. The summed E-state index contributed by atoms with van der Waals surface area (Å²) in [6.07, 6.45) is 2.79. The third kappa shape index (κ3) is 5.53. The van der Waals surface area contributed by atoms with Crippen molar-refractivity contribution in [1.29, 1.82) is 0 Å². The summed E-state index contributed by atoms with van der Waals surface area (Å²) in [6, 6.07) is 18.6. The predicted octanol–water partition coefficient (Wildman–Crippen LogP) is 4.20. The summed E-state index contributed by atoms with van der Waals surface area (Å²) < 4.78 is 10.1. The van der Waals surface area contributed by atoms with Gasteiger partial charge in [-0.1, -0.05) is 55.0 Å². The van der Waals surface area contributed by atoms with Crippen LogP contribution in [-0.4, -0.2) is 50.4 Å². The minimum Gasteiger partial charge on any atom is -0.456 e. The van der Waals surface area contributed by atoms with E-state index in [0.29, 0.717) is 11.1 Å². The number of carbonyl (C=O) groups is 3. The molecule has 1 N–H and O–H groups in total. The molecular formula is C27H27NO5. The van der Waals surface area contributed by atoms with Crippen molar-refractivity contribution in [3.63, 3.8) is 0 Å². The van der Waals surface area contributed by atoms with Gasteiger partial charge in [-0.15, -0.1) is 0 Å². The number of carbonyl (C=O) groups excluding carboxylic acids is 3. The molecule has 170 valence electrons. The Hall–Kier alpha value is -3.35. The van der Waals surface area contributed by atoms with E-state index in [2.05, 4.69) is 5.32 Å². The van der Waals surface area contributed by atoms with Crippen molar-refractivity contribution in [2.75, 3.05) is 26.9 Å². The highest BCUT2D eigenvalue weighted by molar-refractivity contribution is 6.02. The third-order valence-electron chi connectivity index (χ3n) is 5.92. The fourth-order valence-corrected chi connectivity index (χ4v) is 4.04. The van der Waals surface area contributed by atoms with Crippen LogP contribution in [0, 0.1) is 0 Å². The van der Waals surface area contributed by atoms with Crippen LogP contribution in [0.1, 0.15) is 40.0 Å². The first kappa shape index (κ1) is 22.8. The van der Waals surface area contributed by atoms with Crippen molar-refractivity contribution in [2.24, 2.45) is 0 Å². The van der Waals surface area contributed by atoms with Crippen LogP contribution < -0.4 is 5.32 Å². The van der Waals surface area contributed by atoms with E-state index in [1.807, 2.05) is 42.5 Å². The molecular weight excluding hydrogens is 418 g/mol. The highest BCUT2D eigenvalue weighted by Crippen LogP contribution is 2.26. The fraction of sp³-hybridized carbons (Fsp3) is 0.296. The Labute approximate surface area is 192 Å². The standard InChI is InChI=1S/C27H27NO5/c1-32-16-25(29)19-7-5-18(6-8-19)20-9-10-22-15-23(12-11-21(22)14-20)26(30)17-33-27(31)24-4-2-3-13-28-24/h5-12,14-15,24,28H,2-4,13,16-17H2,1H3/t24-/m0/s1. The van der Waals surface area contributed by atoms with Gasteiger partial charge in [-0.05, 0) is 53.4 Å². The minimum absolute atomic E-state index is 0.0551. The second-order valence-corrected chi connectivity index (χ2v) is 8.24. The normalized spacial score (nSPS) is 15.8. The molecule has 0 spiro atoms. The molecule has 4 rings (SSSR count). The summed E-state index contributed by atoms with van der Waals surface area (Å²) in [4.78, 5) is 36.6. The van der Waals surface area contributed by atoms with Crippen LogP contribution in [0.25, 0.3) is 21.9 Å². The second kappa shape index (κ2) is 10.5. The van der Waals surface area contributed by atoms with Gasteiger partial charge in [0.15, 0.2) is 18.2 Å². The number of Topliss-reactive ketones (excluding diaryl/α,β-unsaturated/α-hetero) is 2. The number of methoxy groups -OCH3 is 1. The van der Waals surface area contributed by atoms with Crippen LogP contribution in [0.15, 0.2) is 60.7 Å². The van der Waals surface area contributed by atoms with E-state index in [4.69, 9.17) is 9.47 Å². The Bertz CT molecular complexity index is 1160. The molecule has 0 aliphatic carbocycles. The Morgan fingerprint density at radius 1 is 0.818 bits per heavy atom. The number of nitrogens with one attached hydrogen (secondary N) is 1. The summed E-state index contributed by atoms with van der Waals surface area (Å²) in [7, 11) is 1.50. The van der Waals surface area contributed by atoms with E-state index in [0.717, 1.165) is 47.7 Å². The Morgan fingerprint density at radius 2 is 1.48 bits per heavy atom. The topological polar surface area (TPSA) is 81.7 Å². The predicted molar refractivity (Wildman–Crippen MR) is 127 cm³/mol. The van der Waals surface area contributed by atoms with Crippen LogP contribution >= 0.6 is 0 Å². The summed E-state index contributed by atoms with van der Waals surface area (Å²) in [6.45, 7) is 0.609. The minimum atomic E-state index is -0.358. The van der Waals surface area contributed by atoms with Crippen LogP contribution in [0.5, 0.6) is 0 Å². The highest BCUT2D eigenvalue weighted by atomic mass is 16.5. The van der Waals surface area contributed by atoms with Gasteiger partial charge < -0.3 is 14.8 Å². The molecule has 0 saturated carbocycles. The van der Waals surface area contributed by atoms with Crippen LogP contribution in [0.2, 0.25) is 0 Å². The molecule has 0 aromatic heterocycles. The lowest BCUT2D eigenvalue weighted by atomic mass is 9.98. The van der Waals surface area contributed by atoms with E-state index in [1.54, 1.807) is 18.2 Å². The van der Waals surface area contributed by atoms with Crippen molar-refractivity contribution in [3.8, 4) is 11.1 Å². The Balaban J connectivity index is 1.43. The SMILES string of the molecule is COCC(=O)c1ccc(-c2ccc3cc(C(=O)COC(=O)[C@@H]4CCCCN4)ccc3c2)cc1. The maximum atomic E-state index is 12.6. The van der Waals surface area contributed by atoms with Crippen molar-refractivity contribution in [3.05, 3.63) is 71.8 Å². The molecule has 3 aromatic rings. The van der Waals surface area contributed by atoms with Crippen LogP contribution in [0.4, 0.5) is 0 Å². The van der Waals surface area contributed by atoms with E-state index >= 15 is 0 Å². The molecule has 6 nitrogen and oxygen atoms in total. The number of fused-ring (bicyclic) bond motifs is 1. The summed E-state index contributed by atoms with van der Waals surface area (Å²) in [5.41, 5.74) is 3.14. The lowest BCUT2D eigenvalue weighted by Crippen LogP contribution is -2.41. The van der Waals surface area contributed by atoms with Gasteiger partial charge in [0.2, 0.25) is 0 Å². The van der Waals surface area contributed by atoms with E-state index < -0.39 is 0 Å². The van der Waals surface area contributed by atoms with E-state index in [1.165, 1.54) is 7.11 Å². The number of ketones is 2. The quantitative estimate of drug-likeness (QED) is 0.413. The first-order valence-electron chi connectivity index (χ1n) is 11.1. The van der Waals surface area contributed by atoms with Gasteiger partial charge in [-0.3, -0.25) is 14.4 Å². The smallest absolute Gasteiger partial charge is 0.323 e. The van der Waals surface area contributed by atoms with E-state index in [9.17, 15) is 14.4 Å². The third-order valence-corrected chi connectivity index (χ3v) is 5.92. The molecule has 3 aromatic carbocycles. The first-order valence-corrected chi connectivity index (χ1v) is 11.1. The number of piperidine rings is 1.